The minimum Gasteiger partial charge on any atom is -0.461 e. The number of rotatable bonds is 1. The molecule has 1 radical (unpaired) electrons. The summed E-state index contributed by atoms with van der Waals surface area (Å²) >= 11 is 1.46. The first kappa shape index (κ1) is 11.4. The number of fused-ring (bicyclic) bond motifs is 1. The molecule has 16 heavy (non-hydrogen) atoms. The molecular weight excluding hydrogens is 402 g/mol. The standard InChI is InChI=1S/C10H6N3OS.Ir/c1-6-12-9-7(10-13-11-5-15-10)3-2-4-8(9)14-6;/h2,4-5H,1H3;/q-1;. The van der Waals surface area contributed by atoms with E-state index in [1.165, 1.54) is 11.3 Å². The van der Waals surface area contributed by atoms with Crippen LogP contribution in [-0.4, -0.2) is 15.2 Å². The first-order chi connectivity index (χ1) is 7.34. The predicted octanol–water partition coefficient (Wildman–Crippen LogP) is 2.45. The van der Waals surface area contributed by atoms with Gasteiger partial charge in [-0.3, -0.25) is 4.98 Å². The van der Waals surface area contributed by atoms with Crippen LogP contribution in [0.5, 0.6) is 0 Å². The van der Waals surface area contributed by atoms with Crippen molar-refractivity contribution < 1.29 is 24.5 Å². The van der Waals surface area contributed by atoms with Crippen molar-refractivity contribution >= 4 is 22.4 Å². The average molecular weight is 408 g/mol. The molecule has 0 aliphatic heterocycles. The fourth-order valence-electron chi connectivity index (χ4n) is 1.45. The molecule has 3 aromatic rings. The normalized spacial score (nSPS) is 10.3. The maximum Gasteiger partial charge on any atom is 0.180 e. The fourth-order valence-corrected chi connectivity index (χ4v) is 2.01. The van der Waals surface area contributed by atoms with Crippen LogP contribution in [0.3, 0.4) is 0 Å². The molecule has 0 fully saturated rings. The van der Waals surface area contributed by atoms with Gasteiger partial charge in [0, 0.05) is 32.5 Å². The van der Waals surface area contributed by atoms with Gasteiger partial charge in [0.15, 0.2) is 5.89 Å². The second-order valence-corrected chi connectivity index (χ2v) is 3.88. The number of aromatic nitrogens is 3. The van der Waals surface area contributed by atoms with Crippen molar-refractivity contribution in [3.05, 3.63) is 29.6 Å². The summed E-state index contributed by atoms with van der Waals surface area (Å²) in [6, 6.07) is 6.77. The van der Waals surface area contributed by atoms with E-state index in [9.17, 15) is 0 Å². The summed E-state index contributed by atoms with van der Waals surface area (Å²) < 4.78 is 5.43. The number of hydrogen-bond acceptors (Lipinski definition) is 5. The fraction of sp³-hybridized carbons (Fsp3) is 0.100. The van der Waals surface area contributed by atoms with Crippen LogP contribution in [0.4, 0.5) is 0 Å². The zero-order valence-corrected chi connectivity index (χ0v) is 11.4. The summed E-state index contributed by atoms with van der Waals surface area (Å²) in [5.74, 6) is 0.648. The van der Waals surface area contributed by atoms with Gasteiger partial charge in [-0.2, -0.15) is 21.5 Å². The molecule has 0 N–H and O–H groups in total. The van der Waals surface area contributed by atoms with Gasteiger partial charge in [0.2, 0.25) is 0 Å². The molecule has 0 spiro atoms. The van der Waals surface area contributed by atoms with Crippen molar-refractivity contribution in [1.29, 1.82) is 0 Å². The molecule has 0 aliphatic carbocycles. The Balaban J connectivity index is 0.000000963. The summed E-state index contributed by atoms with van der Waals surface area (Å²) in [7, 11) is 0. The molecule has 0 aliphatic rings. The Kier molecular flexibility index (Phi) is 3.14. The van der Waals surface area contributed by atoms with Gasteiger partial charge in [-0.15, -0.1) is 12.1 Å². The Bertz CT molecular complexity index is 606. The van der Waals surface area contributed by atoms with Gasteiger partial charge in [0.25, 0.3) is 0 Å². The van der Waals surface area contributed by atoms with Crippen molar-refractivity contribution in [3.8, 4) is 10.6 Å². The van der Waals surface area contributed by atoms with Gasteiger partial charge in [-0.05, 0) is 0 Å². The summed E-state index contributed by atoms with van der Waals surface area (Å²) in [4.78, 5) is 4.31. The predicted molar refractivity (Wildman–Crippen MR) is 56.5 cm³/mol. The Morgan fingerprint density at radius 1 is 1.44 bits per heavy atom. The van der Waals surface area contributed by atoms with Crippen LogP contribution < -0.4 is 0 Å². The van der Waals surface area contributed by atoms with Gasteiger partial charge in [-0.25, -0.2) is 0 Å². The van der Waals surface area contributed by atoms with E-state index in [-0.39, 0.29) is 20.1 Å². The first-order valence-corrected chi connectivity index (χ1v) is 5.27. The molecule has 4 nitrogen and oxygen atoms in total. The maximum atomic E-state index is 5.43. The van der Waals surface area contributed by atoms with Crippen LogP contribution in [0, 0.1) is 13.0 Å². The zero-order chi connectivity index (χ0) is 10.3. The Morgan fingerprint density at radius 2 is 2.31 bits per heavy atom. The molecule has 0 unspecified atom stereocenters. The van der Waals surface area contributed by atoms with Gasteiger partial charge in [0.1, 0.15) is 0 Å². The second-order valence-electron chi connectivity index (χ2n) is 3.04. The molecule has 0 saturated carbocycles. The molecule has 6 heteroatoms. The summed E-state index contributed by atoms with van der Waals surface area (Å²) in [6.07, 6.45) is 0. The molecule has 0 bridgehead atoms. The molecular formula is C10H6IrN3OS-. The van der Waals surface area contributed by atoms with E-state index in [4.69, 9.17) is 4.42 Å². The van der Waals surface area contributed by atoms with Crippen molar-refractivity contribution in [2.75, 3.05) is 0 Å². The van der Waals surface area contributed by atoms with Crippen LogP contribution in [-0.2, 0) is 20.1 Å². The second kappa shape index (κ2) is 4.41. The Labute approximate surface area is 109 Å². The number of oxazole rings is 1. The molecule has 0 atom stereocenters. The molecule has 0 saturated heterocycles. The minimum atomic E-state index is 0. The Hall–Kier alpha value is -1.10. The summed E-state index contributed by atoms with van der Waals surface area (Å²) in [5, 5.41) is 8.62. The first-order valence-electron chi connectivity index (χ1n) is 4.39. The quantitative estimate of drug-likeness (QED) is 0.581. The van der Waals surface area contributed by atoms with E-state index < -0.39 is 0 Å². The van der Waals surface area contributed by atoms with E-state index in [1.807, 2.05) is 19.1 Å². The van der Waals surface area contributed by atoms with E-state index >= 15 is 0 Å². The molecule has 3 rings (SSSR count). The molecule has 83 valence electrons. The number of aryl methyl sites for hydroxylation is 1. The zero-order valence-electron chi connectivity index (χ0n) is 8.22. The number of hydrogen-bond donors (Lipinski definition) is 0. The summed E-state index contributed by atoms with van der Waals surface area (Å²) in [6.45, 7) is 1.82. The molecule has 2 heterocycles. The maximum absolute atomic E-state index is 5.43. The minimum absolute atomic E-state index is 0. The smallest absolute Gasteiger partial charge is 0.180 e. The molecule has 2 aromatic heterocycles. The van der Waals surface area contributed by atoms with Crippen LogP contribution in [0.2, 0.25) is 0 Å². The number of nitrogens with zero attached hydrogens (tertiary/aromatic N) is 3. The molecule has 0 amide bonds. The monoisotopic (exact) mass is 409 g/mol. The van der Waals surface area contributed by atoms with Gasteiger partial charge in [0.05, 0.1) is 16.1 Å². The van der Waals surface area contributed by atoms with Crippen molar-refractivity contribution in [3.63, 3.8) is 0 Å². The van der Waals surface area contributed by atoms with Gasteiger partial charge in [-0.1, -0.05) is 11.6 Å². The van der Waals surface area contributed by atoms with E-state index in [2.05, 4.69) is 21.2 Å². The third-order valence-electron chi connectivity index (χ3n) is 2.03. The molecule has 1 aromatic carbocycles. The Morgan fingerprint density at radius 3 is 3.06 bits per heavy atom. The van der Waals surface area contributed by atoms with E-state index in [1.54, 1.807) is 5.51 Å². The van der Waals surface area contributed by atoms with Crippen molar-refractivity contribution in [2.45, 2.75) is 6.92 Å². The third-order valence-corrected chi connectivity index (χ3v) is 2.74. The topological polar surface area (TPSA) is 51.8 Å². The van der Waals surface area contributed by atoms with Crippen LogP contribution >= 0.6 is 11.3 Å². The SMILES string of the molecule is Cc1nc2c(-c3nncs3)[c-]ccc2o1.[Ir]. The van der Waals surface area contributed by atoms with Crippen LogP contribution in [0.25, 0.3) is 21.7 Å². The largest absolute Gasteiger partial charge is 0.461 e. The van der Waals surface area contributed by atoms with E-state index in [0.717, 1.165) is 21.7 Å². The average Bonchev–Trinajstić information content (AvgIpc) is 2.82. The van der Waals surface area contributed by atoms with Crippen LogP contribution in [0.1, 0.15) is 5.89 Å². The van der Waals surface area contributed by atoms with Gasteiger partial charge < -0.3 is 4.42 Å². The third kappa shape index (κ3) is 1.79. The van der Waals surface area contributed by atoms with Crippen molar-refractivity contribution in [2.24, 2.45) is 0 Å². The van der Waals surface area contributed by atoms with Crippen molar-refractivity contribution in [1.82, 2.24) is 15.2 Å². The number of benzene rings is 1. The van der Waals surface area contributed by atoms with E-state index in [0.29, 0.717) is 5.89 Å². The van der Waals surface area contributed by atoms with Crippen LogP contribution in [0.15, 0.2) is 22.1 Å². The summed E-state index contributed by atoms with van der Waals surface area (Å²) in [5.41, 5.74) is 4.10. The van der Waals surface area contributed by atoms with Gasteiger partial charge >= 0.3 is 0 Å².